The lowest BCUT2D eigenvalue weighted by Gasteiger charge is -2.13. The van der Waals surface area contributed by atoms with Crippen LogP contribution in [0.3, 0.4) is 0 Å². The Morgan fingerprint density at radius 2 is 2.29 bits per heavy atom. The summed E-state index contributed by atoms with van der Waals surface area (Å²) in [6, 6.07) is 1.55. The van der Waals surface area contributed by atoms with E-state index in [2.05, 4.69) is 20.8 Å². The average molecular weight is 332 g/mol. The average Bonchev–Trinajstić information content (AvgIpc) is 3.24. The second-order valence-electron chi connectivity index (χ2n) is 6.21. The fraction of sp³-hybridized carbons (Fsp3) is 0.562. The number of hydrogen-bond donors (Lipinski definition) is 2. The van der Waals surface area contributed by atoms with Gasteiger partial charge in [-0.2, -0.15) is 10.2 Å². The van der Waals surface area contributed by atoms with Crippen LogP contribution in [0.4, 0.5) is 10.6 Å². The second kappa shape index (κ2) is 7.04. The lowest BCUT2D eigenvalue weighted by Crippen LogP contribution is -2.30. The Bertz CT molecular complexity index is 714. The summed E-state index contributed by atoms with van der Waals surface area (Å²) < 4.78 is 9.03. The Balaban J connectivity index is 1.56. The fourth-order valence-corrected chi connectivity index (χ4v) is 2.96. The topological polar surface area (TPSA) is 86.0 Å². The van der Waals surface area contributed by atoms with Crippen LogP contribution in [0.25, 0.3) is 0 Å². The van der Waals surface area contributed by atoms with Gasteiger partial charge in [0.2, 0.25) is 0 Å². The highest BCUT2D eigenvalue weighted by Crippen LogP contribution is 2.17. The van der Waals surface area contributed by atoms with E-state index in [-0.39, 0.29) is 6.03 Å². The Hall–Kier alpha value is -2.35. The molecule has 0 saturated carbocycles. The van der Waals surface area contributed by atoms with Crippen LogP contribution in [0.5, 0.6) is 0 Å². The summed E-state index contributed by atoms with van der Waals surface area (Å²) in [5.74, 6) is 1.15. The van der Waals surface area contributed by atoms with E-state index < -0.39 is 0 Å². The number of amides is 2. The van der Waals surface area contributed by atoms with Crippen molar-refractivity contribution in [2.24, 2.45) is 13.0 Å². The molecule has 3 rings (SSSR count). The van der Waals surface area contributed by atoms with Gasteiger partial charge in [0.05, 0.1) is 18.5 Å². The molecule has 0 unspecified atom stereocenters. The van der Waals surface area contributed by atoms with Crippen molar-refractivity contribution in [2.45, 2.75) is 33.4 Å². The van der Waals surface area contributed by atoms with Gasteiger partial charge in [-0.1, -0.05) is 0 Å². The van der Waals surface area contributed by atoms with Crippen LogP contribution in [0.15, 0.2) is 12.3 Å². The quantitative estimate of drug-likeness (QED) is 0.871. The first-order valence-electron chi connectivity index (χ1n) is 8.18. The molecule has 8 heteroatoms. The van der Waals surface area contributed by atoms with Gasteiger partial charge >= 0.3 is 6.03 Å². The third-order valence-electron chi connectivity index (χ3n) is 4.50. The van der Waals surface area contributed by atoms with E-state index in [1.54, 1.807) is 12.3 Å². The normalized spacial score (nSPS) is 17.2. The molecule has 8 nitrogen and oxygen atoms in total. The first-order valence-corrected chi connectivity index (χ1v) is 8.18. The number of aryl methyl sites for hydroxylation is 2. The lowest BCUT2D eigenvalue weighted by molar-refractivity contribution is 0.181. The van der Waals surface area contributed by atoms with E-state index >= 15 is 0 Å². The van der Waals surface area contributed by atoms with Gasteiger partial charge in [0.1, 0.15) is 5.82 Å². The predicted molar refractivity (Wildman–Crippen MR) is 89.7 cm³/mol. The van der Waals surface area contributed by atoms with Crippen molar-refractivity contribution >= 4 is 11.8 Å². The highest BCUT2D eigenvalue weighted by atomic mass is 16.5. The molecule has 0 aromatic carbocycles. The summed E-state index contributed by atoms with van der Waals surface area (Å²) in [5, 5.41) is 14.4. The maximum absolute atomic E-state index is 12.2. The van der Waals surface area contributed by atoms with Crippen molar-refractivity contribution in [2.75, 3.05) is 18.5 Å². The summed E-state index contributed by atoms with van der Waals surface area (Å²) in [6.45, 7) is 6.70. The molecule has 0 aliphatic carbocycles. The number of aromatic nitrogens is 4. The van der Waals surface area contributed by atoms with E-state index in [0.29, 0.717) is 18.3 Å². The molecule has 24 heavy (non-hydrogen) atoms. The number of urea groups is 1. The largest absolute Gasteiger partial charge is 0.381 e. The minimum Gasteiger partial charge on any atom is -0.381 e. The van der Waals surface area contributed by atoms with E-state index in [1.807, 2.05) is 30.3 Å². The number of carbonyl (C=O) groups is 1. The van der Waals surface area contributed by atoms with Crippen LogP contribution in [-0.4, -0.2) is 38.8 Å². The smallest absolute Gasteiger partial charge is 0.320 e. The van der Waals surface area contributed by atoms with Gasteiger partial charge < -0.3 is 10.1 Å². The molecule has 2 aromatic heterocycles. The third-order valence-corrected chi connectivity index (χ3v) is 4.50. The lowest BCUT2D eigenvalue weighted by atomic mass is 10.1. The van der Waals surface area contributed by atoms with E-state index in [1.165, 1.54) is 0 Å². The minimum absolute atomic E-state index is 0.248. The van der Waals surface area contributed by atoms with Crippen molar-refractivity contribution < 1.29 is 9.53 Å². The van der Waals surface area contributed by atoms with E-state index in [9.17, 15) is 4.79 Å². The maximum atomic E-state index is 12.2. The monoisotopic (exact) mass is 332 g/mol. The van der Waals surface area contributed by atoms with Gasteiger partial charge in [-0.25, -0.2) is 9.48 Å². The molecule has 2 amide bonds. The van der Waals surface area contributed by atoms with Gasteiger partial charge in [0, 0.05) is 50.0 Å². The number of carbonyl (C=O) groups excluding carboxylic acids is 1. The predicted octanol–water partition coefficient (Wildman–Crippen LogP) is 1.59. The van der Waals surface area contributed by atoms with Crippen LogP contribution < -0.4 is 10.6 Å². The number of ether oxygens (including phenoxy) is 1. The molecule has 1 atom stereocenters. The molecule has 130 valence electrons. The maximum Gasteiger partial charge on any atom is 0.320 e. The second-order valence-corrected chi connectivity index (χ2v) is 6.21. The molecule has 1 fully saturated rings. The molecule has 0 bridgehead atoms. The molecule has 3 heterocycles. The summed E-state index contributed by atoms with van der Waals surface area (Å²) in [4.78, 5) is 12.2. The molecule has 2 aromatic rings. The first kappa shape index (κ1) is 16.5. The Labute approximate surface area is 141 Å². The zero-order chi connectivity index (χ0) is 17.1. The minimum atomic E-state index is -0.248. The van der Waals surface area contributed by atoms with Crippen LogP contribution in [0.2, 0.25) is 0 Å². The first-order chi connectivity index (χ1) is 11.5. The van der Waals surface area contributed by atoms with Crippen LogP contribution in [0.1, 0.15) is 23.4 Å². The highest BCUT2D eigenvalue weighted by Gasteiger charge is 2.18. The molecule has 1 aliphatic heterocycles. The van der Waals surface area contributed by atoms with Crippen LogP contribution in [0, 0.1) is 19.8 Å². The van der Waals surface area contributed by atoms with Crippen LogP contribution in [-0.2, 0) is 24.9 Å². The number of nitrogens with zero attached hydrogens (tertiary/aromatic N) is 4. The summed E-state index contributed by atoms with van der Waals surface area (Å²) in [7, 11) is 1.90. The van der Waals surface area contributed by atoms with Crippen molar-refractivity contribution in [3.8, 4) is 0 Å². The molecule has 1 aliphatic rings. The molecule has 0 spiro atoms. The molecule has 2 N–H and O–H groups in total. The Morgan fingerprint density at radius 3 is 2.96 bits per heavy atom. The molecule has 1 saturated heterocycles. The summed E-state index contributed by atoms with van der Waals surface area (Å²) >= 11 is 0. The van der Waals surface area contributed by atoms with Crippen molar-refractivity contribution in [1.82, 2.24) is 24.9 Å². The Morgan fingerprint density at radius 1 is 1.46 bits per heavy atom. The molecular weight excluding hydrogens is 308 g/mol. The van der Waals surface area contributed by atoms with Crippen molar-refractivity contribution in [1.29, 1.82) is 0 Å². The fourth-order valence-electron chi connectivity index (χ4n) is 2.96. The van der Waals surface area contributed by atoms with Gasteiger partial charge in [-0.05, 0) is 20.3 Å². The number of rotatable bonds is 5. The zero-order valence-electron chi connectivity index (χ0n) is 14.4. The highest BCUT2D eigenvalue weighted by molar-refractivity contribution is 5.88. The summed E-state index contributed by atoms with van der Waals surface area (Å²) in [5.41, 5.74) is 3.03. The van der Waals surface area contributed by atoms with Gasteiger partial charge in [0.25, 0.3) is 0 Å². The van der Waals surface area contributed by atoms with Crippen molar-refractivity contribution in [3.63, 3.8) is 0 Å². The standard InChI is InChI=1S/C16H24N6O2/c1-11-14(12(2)21(3)20-11)8-17-16(23)19-15-4-6-18-22(15)9-13-5-7-24-10-13/h4,6,13H,5,7-10H2,1-3H3,(H2,17,19,23)/t13-/m0/s1. The number of nitrogens with one attached hydrogen (secondary N) is 2. The van der Waals surface area contributed by atoms with Gasteiger partial charge in [-0.3, -0.25) is 10.00 Å². The summed E-state index contributed by atoms with van der Waals surface area (Å²) in [6.07, 6.45) is 2.73. The van der Waals surface area contributed by atoms with Crippen LogP contribution >= 0.6 is 0 Å². The van der Waals surface area contributed by atoms with Crippen molar-refractivity contribution in [3.05, 3.63) is 29.2 Å². The van der Waals surface area contributed by atoms with E-state index in [4.69, 9.17) is 4.74 Å². The van der Waals surface area contributed by atoms with Gasteiger partial charge in [-0.15, -0.1) is 0 Å². The Kier molecular flexibility index (Phi) is 4.84. The zero-order valence-corrected chi connectivity index (χ0v) is 14.4. The molecule has 0 radical (unpaired) electrons. The number of anilines is 1. The molecular formula is C16H24N6O2. The number of hydrogen-bond acceptors (Lipinski definition) is 4. The van der Waals surface area contributed by atoms with E-state index in [0.717, 1.165) is 43.1 Å². The van der Waals surface area contributed by atoms with Gasteiger partial charge in [0.15, 0.2) is 0 Å². The SMILES string of the molecule is Cc1nn(C)c(C)c1CNC(=O)Nc1ccnn1C[C@@H]1CCOC1. The third kappa shape index (κ3) is 3.59.